The van der Waals surface area contributed by atoms with Gasteiger partial charge in [0.05, 0.1) is 13.2 Å². The molecule has 0 saturated heterocycles. The molecule has 0 aromatic carbocycles. The third-order valence-corrected chi connectivity index (χ3v) is 2.44. The number of methoxy groups -OCH3 is 1. The van der Waals surface area contributed by atoms with Crippen LogP contribution in [0.5, 0.6) is 0 Å². The Bertz CT molecular complexity index is 359. The summed E-state index contributed by atoms with van der Waals surface area (Å²) in [5.74, 6) is -0.0953. The van der Waals surface area contributed by atoms with Crippen molar-refractivity contribution in [2.24, 2.45) is 0 Å². The number of fused-ring (bicyclic) bond motifs is 1. The van der Waals surface area contributed by atoms with E-state index in [2.05, 4.69) is 9.72 Å². The Morgan fingerprint density at radius 1 is 1.79 bits per heavy atom. The second-order valence-corrected chi connectivity index (χ2v) is 3.36. The first-order valence-corrected chi connectivity index (χ1v) is 4.53. The van der Waals surface area contributed by atoms with Crippen LogP contribution in [0.15, 0.2) is 6.20 Å². The van der Waals surface area contributed by atoms with E-state index in [9.17, 15) is 9.90 Å². The Balaban J connectivity index is 2.33. The zero-order chi connectivity index (χ0) is 10.1. The molecular weight excluding hydrogens is 184 g/mol. The standard InChI is InChI=1S/C9H12N2O3/c1-14-9(13)8-10-5-6-4-7(12)2-3-11(6)8/h5,7,12H,2-4H2,1H3. The molecule has 0 spiro atoms. The van der Waals surface area contributed by atoms with E-state index in [4.69, 9.17) is 0 Å². The molecule has 1 aliphatic rings. The number of esters is 1. The van der Waals surface area contributed by atoms with Gasteiger partial charge in [0, 0.05) is 24.9 Å². The van der Waals surface area contributed by atoms with Crippen LogP contribution in [0.2, 0.25) is 0 Å². The number of hydrogen-bond acceptors (Lipinski definition) is 4. The van der Waals surface area contributed by atoms with E-state index in [1.165, 1.54) is 7.11 Å². The Labute approximate surface area is 81.3 Å². The molecule has 0 aliphatic carbocycles. The lowest BCUT2D eigenvalue weighted by Gasteiger charge is -2.20. The van der Waals surface area contributed by atoms with Crippen LogP contribution >= 0.6 is 0 Å². The van der Waals surface area contributed by atoms with Gasteiger partial charge in [0.15, 0.2) is 0 Å². The lowest BCUT2D eigenvalue weighted by Crippen LogP contribution is -2.25. The number of rotatable bonds is 1. The monoisotopic (exact) mass is 196 g/mol. The first kappa shape index (κ1) is 9.21. The van der Waals surface area contributed by atoms with Crippen molar-refractivity contribution in [3.63, 3.8) is 0 Å². The molecule has 2 rings (SSSR count). The minimum Gasteiger partial charge on any atom is -0.463 e. The van der Waals surface area contributed by atoms with Crippen LogP contribution in [0.4, 0.5) is 0 Å². The van der Waals surface area contributed by atoms with Crippen molar-refractivity contribution in [2.75, 3.05) is 7.11 Å². The van der Waals surface area contributed by atoms with E-state index in [-0.39, 0.29) is 6.10 Å². The van der Waals surface area contributed by atoms with Crippen molar-refractivity contribution >= 4 is 5.97 Å². The Morgan fingerprint density at radius 3 is 3.29 bits per heavy atom. The van der Waals surface area contributed by atoms with Crippen LogP contribution in [0, 0.1) is 0 Å². The highest BCUT2D eigenvalue weighted by atomic mass is 16.5. The minimum atomic E-state index is -0.423. The van der Waals surface area contributed by atoms with Gasteiger partial charge >= 0.3 is 5.97 Å². The van der Waals surface area contributed by atoms with E-state index in [0.717, 1.165) is 5.69 Å². The van der Waals surface area contributed by atoms with Crippen LogP contribution in [0.3, 0.4) is 0 Å². The molecule has 1 N–H and O–H groups in total. The van der Waals surface area contributed by atoms with Crippen LogP contribution in [0.25, 0.3) is 0 Å². The average Bonchev–Trinajstić information content (AvgIpc) is 2.59. The van der Waals surface area contributed by atoms with Gasteiger partial charge in [-0.05, 0) is 6.42 Å². The Hall–Kier alpha value is -1.36. The fraction of sp³-hybridized carbons (Fsp3) is 0.556. The number of ether oxygens (including phenoxy) is 1. The summed E-state index contributed by atoms with van der Waals surface area (Å²) in [6.45, 7) is 0.626. The van der Waals surface area contributed by atoms with Gasteiger partial charge in [-0.25, -0.2) is 9.78 Å². The second kappa shape index (κ2) is 3.42. The van der Waals surface area contributed by atoms with Crippen LogP contribution in [-0.4, -0.2) is 33.8 Å². The normalized spacial score (nSPS) is 20.3. The van der Waals surface area contributed by atoms with Gasteiger partial charge in [-0.1, -0.05) is 0 Å². The first-order valence-electron chi connectivity index (χ1n) is 4.53. The zero-order valence-electron chi connectivity index (χ0n) is 7.93. The predicted octanol–water partition coefficient (Wildman–Crippen LogP) is -0.0232. The smallest absolute Gasteiger partial charge is 0.374 e. The number of imidazole rings is 1. The fourth-order valence-corrected chi connectivity index (χ4v) is 1.70. The zero-order valence-corrected chi connectivity index (χ0v) is 7.93. The largest absolute Gasteiger partial charge is 0.463 e. The molecule has 1 aromatic rings. The predicted molar refractivity (Wildman–Crippen MR) is 47.9 cm³/mol. The summed E-state index contributed by atoms with van der Waals surface area (Å²) in [5.41, 5.74) is 0.893. The topological polar surface area (TPSA) is 64.3 Å². The van der Waals surface area contributed by atoms with Crippen molar-refractivity contribution in [1.29, 1.82) is 0 Å². The first-order chi connectivity index (χ1) is 6.72. The van der Waals surface area contributed by atoms with Crippen LogP contribution < -0.4 is 0 Å². The molecule has 0 amide bonds. The van der Waals surface area contributed by atoms with Gasteiger partial charge in [0.25, 0.3) is 0 Å². The molecular formula is C9H12N2O3. The van der Waals surface area contributed by atoms with Gasteiger partial charge in [0.2, 0.25) is 5.82 Å². The van der Waals surface area contributed by atoms with Crippen molar-refractivity contribution in [3.8, 4) is 0 Å². The van der Waals surface area contributed by atoms with E-state index >= 15 is 0 Å². The quantitative estimate of drug-likeness (QED) is 0.641. The van der Waals surface area contributed by atoms with E-state index in [1.807, 2.05) is 0 Å². The maximum Gasteiger partial charge on any atom is 0.374 e. The molecule has 1 aromatic heterocycles. The molecule has 0 saturated carbocycles. The number of aromatic nitrogens is 2. The minimum absolute atomic E-state index is 0.315. The third-order valence-electron chi connectivity index (χ3n) is 2.44. The number of nitrogens with zero attached hydrogens (tertiary/aromatic N) is 2. The molecule has 1 atom stereocenters. The highest BCUT2D eigenvalue weighted by molar-refractivity contribution is 5.85. The summed E-state index contributed by atoms with van der Waals surface area (Å²) in [5, 5.41) is 9.40. The average molecular weight is 196 g/mol. The third kappa shape index (κ3) is 1.39. The highest BCUT2D eigenvalue weighted by Crippen LogP contribution is 2.17. The summed E-state index contributed by atoms with van der Waals surface area (Å²) < 4.78 is 6.41. The number of hydrogen-bond donors (Lipinski definition) is 1. The fourth-order valence-electron chi connectivity index (χ4n) is 1.70. The van der Waals surface area contributed by atoms with E-state index in [0.29, 0.717) is 25.2 Å². The van der Waals surface area contributed by atoms with Crippen molar-refractivity contribution in [3.05, 3.63) is 17.7 Å². The van der Waals surface area contributed by atoms with Gasteiger partial charge in [-0.2, -0.15) is 0 Å². The van der Waals surface area contributed by atoms with Gasteiger partial charge in [-0.3, -0.25) is 0 Å². The van der Waals surface area contributed by atoms with Gasteiger partial charge in [-0.15, -0.1) is 0 Å². The molecule has 5 heteroatoms. The van der Waals surface area contributed by atoms with Crippen LogP contribution in [0.1, 0.15) is 22.7 Å². The van der Waals surface area contributed by atoms with E-state index < -0.39 is 5.97 Å². The lowest BCUT2D eigenvalue weighted by molar-refractivity contribution is 0.0575. The molecule has 76 valence electrons. The SMILES string of the molecule is COC(=O)c1ncc2n1CCC(O)C2. The molecule has 2 heterocycles. The summed E-state index contributed by atoms with van der Waals surface area (Å²) in [7, 11) is 1.33. The number of aliphatic hydroxyl groups excluding tert-OH is 1. The lowest BCUT2D eigenvalue weighted by atomic mass is 10.1. The van der Waals surface area contributed by atoms with Gasteiger partial charge < -0.3 is 14.4 Å². The summed E-state index contributed by atoms with van der Waals surface area (Å²) in [6, 6.07) is 0. The maximum absolute atomic E-state index is 11.3. The molecule has 14 heavy (non-hydrogen) atoms. The number of carbonyl (C=O) groups excluding carboxylic acids is 1. The maximum atomic E-state index is 11.3. The Morgan fingerprint density at radius 2 is 2.57 bits per heavy atom. The van der Waals surface area contributed by atoms with Crippen molar-refractivity contribution in [2.45, 2.75) is 25.5 Å². The molecule has 0 radical (unpaired) electrons. The number of aliphatic hydroxyl groups is 1. The van der Waals surface area contributed by atoms with Crippen molar-refractivity contribution < 1.29 is 14.6 Å². The van der Waals surface area contributed by atoms with Crippen molar-refractivity contribution in [1.82, 2.24) is 9.55 Å². The van der Waals surface area contributed by atoms with Gasteiger partial charge in [0.1, 0.15) is 0 Å². The molecule has 1 unspecified atom stereocenters. The van der Waals surface area contributed by atoms with Crippen LogP contribution in [-0.2, 0) is 17.7 Å². The summed E-state index contributed by atoms with van der Waals surface area (Å²) in [4.78, 5) is 15.2. The molecule has 1 aliphatic heterocycles. The molecule has 5 nitrogen and oxygen atoms in total. The highest BCUT2D eigenvalue weighted by Gasteiger charge is 2.23. The van der Waals surface area contributed by atoms with E-state index in [1.54, 1.807) is 10.8 Å². The Kier molecular flexibility index (Phi) is 2.25. The summed E-state index contributed by atoms with van der Waals surface area (Å²) in [6.07, 6.45) is 2.52. The molecule has 0 fully saturated rings. The second-order valence-electron chi connectivity index (χ2n) is 3.36. The number of carbonyl (C=O) groups is 1. The summed E-state index contributed by atoms with van der Waals surface area (Å²) >= 11 is 0. The molecule has 0 bridgehead atoms.